The fourth-order valence-electron chi connectivity index (χ4n) is 2.17. The summed E-state index contributed by atoms with van der Waals surface area (Å²) in [7, 11) is 0. The molecule has 24 heavy (non-hydrogen) atoms. The van der Waals surface area contributed by atoms with Gasteiger partial charge in [-0.2, -0.15) is 0 Å². The Morgan fingerprint density at radius 3 is 2.04 bits per heavy atom. The van der Waals surface area contributed by atoms with Crippen LogP contribution in [0.2, 0.25) is 0 Å². The maximum absolute atomic E-state index is 11.6. The van der Waals surface area contributed by atoms with Crippen LogP contribution >= 0.6 is 0 Å². The van der Waals surface area contributed by atoms with Gasteiger partial charge in [-0.25, -0.2) is 4.79 Å². The van der Waals surface area contributed by atoms with Crippen LogP contribution < -0.4 is 5.32 Å². The number of hydrogen-bond donors (Lipinski definition) is 1. The maximum atomic E-state index is 11.6. The van der Waals surface area contributed by atoms with Crippen molar-refractivity contribution < 1.29 is 19.1 Å². The van der Waals surface area contributed by atoms with Crippen LogP contribution in [0.1, 0.15) is 59.3 Å². The van der Waals surface area contributed by atoms with Crippen LogP contribution in [0.4, 0.5) is 0 Å². The molecule has 0 bridgehead atoms. The Kier molecular flexibility index (Phi) is 12.5. The van der Waals surface area contributed by atoms with E-state index in [0.717, 1.165) is 51.6 Å². The Morgan fingerprint density at radius 2 is 1.50 bits per heavy atom. The predicted octanol–water partition coefficient (Wildman–Crippen LogP) is 2.43. The predicted molar refractivity (Wildman–Crippen MR) is 94.4 cm³/mol. The monoisotopic (exact) mass is 340 g/mol. The Labute approximate surface area is 145 Å². The van der Waals surface area contributed by atoms with Crippen molar-refractivity contribution in [2.75, 3.05) is 26.2 Å². The second kappa shape index (κ2) is 13.6. The van der Waals surface area contributed by atoms with E-state index in [1.807, 2.05) is 4.90 Å². The molecule has 0 aliphatic rings. The van der Waals surface area contributed by atoms with Gasteiger partial charge in [-0.3, -0.25) is 9.59 Å². The molecule has 0 radical (unpaired) electrons. The molecule has 0 heterocycles. The Balaban J connectivity index is 3.67. The number of nitrogens with one attached hydrogen (secondary N) is 1. The standard InChI is InChI=1S/C18H32N2O4/c1-15(2)18(23)24-14-10-6-5-8-12-20(17(4)22)13-9-7-11-19-16(3)21/h1,5-14H2,2-4H3,(H,19,21). The van der Waals surface area contributed by atoms with E-state index in [9.17, 15) is 14.4 Å². The molecule has 0 saturated carbocycles. The first kappa shape index (κ1) is 22.1. The molecule has 0 aromatic carbocycles. The first-order valence-corrected chi connectivity index (χ1v) is 8.67. The topological polar surface area (TPSA) is 75.7 Å². The maximum Gasteiger partial charge on any atom is 0.333 e. The third-order valence-corrected chi connectivity index (χ3v) is 3.58. The van der Waals surface area contributed by atoms with Crippen LogP contribution in [0.3, 0.4) is 0 Å². The average Bonchev–Trinajstić information content (AvgIpc) is 2.50. The third kappa shape index (κ3) is 12.7. The fraction of sp³-hybridized carbons (Fsp3) is 0.722. The summed E-state index contributed by atoms with van der Waals surface area (Å²) >= 11 is 0. The van der Waals surface area contributed by atoms with Gasteiger partial charge in [0.2, 0.25) is 11.8 Å². The molecule has 1 N–H and O–H groups in total. The van der Waals surface area contributed by atoms with E-state index in [1.165, 1.54) is 6.92 Å². The number of hydrogen-bond acceptors (Lipinski definition) is 4. The molecule has 0 saturated heterocycles. The van der Waals surface area contributed by atoms with Crippen LogP contribution in [0.5, 0.6) is 0 Å². The molecule has 6 nitrogen and oxygen atoms in total. The van der Waals surface area contributed by atoms with Crippen molar-refractivity contribution in [1.29, 1.82) is 0 Å². The second-order valence-corrected chi connectivity index (χ2v) is 6.03. The minimum absolute atomic E-state index is 0.0210. The zero-order valence-electron chi connectivity index (χ0n) is 15.4. The first-order chi connectivity index (χ1) is 11.3. The number of amides is 2. The number of carbonyl (C=O) groups excluding carboxylic acids is 3. The van der Waals surface area contributed by atoms with Gasteiger partial charge in [-0.1, -0.05) is 13.0 Å². The zero-order chi connectivity index (χ0) is 18.4. The molecule has 0 rings (SSSR count). The highest BCUT2D eigenvalue weighted by atomic mass is 16.5. The molecule has 0 aliphatic carbocycles. The quantitative estimate of drug-likeness (QED) is 0.317. The van der Waals surface area contributed by atoms with Crippen molar-refractivity contribution in [2.24, 2.45) is 0 Å². The smallest absolute Gasteiger partial charge is 0.333 e. The van der Waals surface area contributed by atoms with Crippen molar-refractivity contribution in [3.8, 4) is 0 Å². The molecule has 0 unspecified atom stereocenters. The van der Waals surface area contributed by atoms with E-state index < -0.39 is 0 Å². The van der Waals surface area contributed by atoms with Crippen molar-refractivity contribution in [3.63, 3.8) is 0 Å². The fourth-order valence-corrected chi connectivity index (χ4v) is 2.17. The van der Waals surface area contributed by atoms with Crippen molar-refractivity contribution >= 4 is 17.8 Å². The summed E-state index contributed by atoms with van der Waals surface area (Å²) in [6.45, 7) is 10.8. The van der Waals surface area contributed by atoms with Crippen molar-refractivity contribution in [2.45, 2.75) is 59.3 Å². The summed E-state index contributed by atoms with van der Waals surface area (Å²) in [6.07, 6.45) is 5.50. The summed E-state index contributed by atoms with van der Waals surface area (Å²) in [5.74, 6) is -0.269. The Hall–Kier alpha value is -1.85. The number of nitrogens with zero attached hydrogens (tertiary/aromatic N) is 1. The third-order valence-electron chi connectivity index (χ3n) is 3.58. The van der Waals surface area contributed by atoms with E-state index in [2.05, 4.69) is 11.9 Å². The summed E-state index contributed by atoms with van der Waals surface area (Å²) in [4.78, 5) is 35.4. The molecular formula is C18H32N2O4. The molecule has 0 aromatic heterocycles. The summed E-state index contributed by atoms with van der Waals surface area (Å²) in [5.41, 5.74) is 0.422. The van der Waals surface area contributed by atoms with E-state index >= 15 is 0 Å². The molecule has 0 spiro atoms. The number of esters is 1. The van der Waals surface area contributed by atoms with Crippen LogP contribution in [-0.4, -0.2) is 48.9 Å². The zero-order valence-corrected chi connectivity index (χ0v) is 15.4. The van der Waals surface area contributed by atoms with Crippen LogP contribution in [0.25, 0.3) is 0 Å². The number of ether oxygens (including phenoxy) is 1. The number of rotatable bonds is 13. The van der Waals surface area contributed by atoms with Gasteiger partial charge in [0.05, 0.1) is 6.61 Å². The van der Waals surface area contributed by atoms with Gasteiger partial charge in [0, 0.05) is 39.1 Å². The highest BCUT2D eigenvalue weighted by molar-refractivity contribution is 5.86. The van der Waals surface area contributed by atoms with Gasteiger partial charge < -0.3 is 15.0 Å². The lowest BCUT2D eigenvalue weighted by Gasteiger charge is -2.21. The molecule has 138 valence electrons. The summed E-state index contributed by atoms with van der Waals surface area (Å²) in [6, 6.07) is 0. The second-order valence-electron chi connectivity index (χ2n) is 6.03. The number of carbonyl (C=O) groups is 3. The summed E-state index contributed by atoms with van der Waals surface area (Å²) in [5, 5.41) is 2.75. The molecule has 0 fully saturated rings. The lowest BCUT2D eigenvalue weighted by atomic mass is 10.2. The van der Waals surface area contributed by atoms with Gasteiger partial charge in [0.15, 0.2) is 0 Å². The average molecular weight is 340 g/mol. The normalized spacial score (nSPS) is 10.1. The van der Waals surface area contributed by atoms with Gasteiger partial charge in [-0.05, 0) is 39.0 Å². The number of unbranched alkanes of at least 4 members (excludes halogenated alkanes) is 4. The van der Waals surface area contributed by atoms with Gasteiger partial charge in [0.25, 0.3) is 0 Å². The highest BCUT2D eigenvalue weighted by Gasteiger charge is 2.08. The van der Waals surface area contributed by atoms with Crippen molar-refractivity contribution in [1.82, 2.24) is 10.2 Å². The molecule has 0 atom stereocenters. The minimum Gasteiger partial charge on any atom is -0.462 e. The lowest BCUT2D eigenvalue weighted by molar-refractivity contribution is -0.139. The van der Waals surface area contributed by atoms with Gasteiger partial charge >= 0.3 is 5.97 Å². The van der Waals surface area contributed by atoms with E-state index in [-0.39, 0.29) is 17.8 Å². The molecule has 0 aromatic rings. The highest BCUT2D eigenvalue weighted by Crippen LogP contribution is 2.05. The van der Waals surface area contributed by atoms with Gasteiger partial charge in [-0.15, -0.1) is 0 Å². The molecular weight excluding hydrogens is 308 g/mol. The van der Waals surface area contributed by atoms with Crippen LogP contribution in [0, 0.1) is 0 Å². The molecule has 2 amide bonds. The lowest BCUT2D eigenvalue weighted by Crippen LogP contribution is -2.31. The van der Waals surface area contributed by atoms with Gasteiger partial charge in [0.1, 0.15) is 0 Å². The summed E-state index contributed by atoms with van der Waals surface area (Å²) < 4.78 is 5.03. The van der Waals surface area contributed by atoms with E-state index in [0.29, 0.717) is 18.7 Å². The van der Waals surface area contributed by atoms with Crippen LogP contribution in [-0.2, 0) is 19.1 Å². The van der Waals surface area contributed by atoms with E-state index in [1.54, 1.807) is 13.8 Å². The first-order valence-electron chi connectivity index (χ1n) is 8.67. The van der Waals surface area contributed by atoms with Crippen LogP contribution in [0.15, 0.2) is 12.2 Å². The minimum atomic E-state index is -0.336. The Bertz CT molecular complexity index is 421. The largest absolute Gasteiger partial charge is 0.462 e. The van der Waals surface area contributed by atoms with E-state index in [4.69, 9.17) is 4.74 Å². The SMILES string of the molecule is C=C(C)C(=O)OCCCCCCN(CCCCNC(C)=O)C(C)=O. The Morgan fingerprint density at radius 1 is 0.917 bits per heavy atom. The van der Waals surface area contributed by atoms with Crippen molar-refractivity contribution in [3.05, 3.63) is 12.2 Å². The molecule has 0 aliphatic heterocycles. The molecule has 6 heteroatoms.